The second-order valence-electron chi connectivity index (χ2n) is 5.04. The molecule has 0 saturated heterocycles. The normalized spacial score (nSPS) is 13.1. The van der Waals surface area contributed by atoms with Crippen molar-refractivity contribution in [2.45, 2.75) is 12.8 Å². The molecule has 0 bridgehead atoms. The van der Waals surface area contributed by atoms with Gasteiger partial charge in [-0.05, 0) is 24.1 Å². The zero-order valence-electron chi connectivity index (χ0n) is 12.8. The van der Waals surface area contributed by atoms with Crippen LogP contribution < -0.4 is 14.8 Å². The van der Waals surface area contributed by atoms with Crippen molar-refractivity contribution >= 4 is 28.3 Å². The first-order chi connectivity index (χ1) is 11.3. The van der Waals surface area contributed by atoms with E-state index in [1.807, 2.05) is 12.1 Å². The lowest BCUT2D eigenvalue weighted by Gasteiger charge is -2.20. The average Bonchev–Trinajstić information content (AvgIpc) is 3.01. The number of hydrogen-bond acceptors (Lipinski definition) is 7. The molecule has 6 nitrogen and oxygen atoms in total. The molecule has 0 aliphatic carbocycles. The summed E-state index contributed by atoms with van der Waals surface area (Å²) in [4.78, 5) is 4.41. The third kappa shape index (κ3) is 4.25. The summed E-state index contributed by atoms with van der Waals surface area (Å²) < 4.78 is 20.4. The number of halogens is 1. The zero-order chi connectivity index (χ0) is 16.1. The second-order valence-corrected chi connectivity index (χ2v) is 6.20. The van der Waals surface area contributed by atoms with Gasteiger partial charge in [0, 0.05) is 31.6 Å². The van der Waals surface area contributed by atoms with Gasteiger partial charge in [0.1, 0.15) is 19.0 Å². The molecule has 0 amide bonds. The maximum Gasteiger partial charge on any atom is 0.202 e. The van der Waals surface area contributed by atoms with Crippen LogP contribution in [-0.4, -0.2) is 42.8 Å². The highest BCUT2D eigenvalue weighted by Crippen LogP contribution is 2.38. The van der Waals surface area contributed by atoms with E-state index in [1.54, 1.807) is 7.11 Å². The summed E-state index contributed by atoms with van der Waals surface area (Å²) in [6.45, 7) is 2.47. The minimum Gasteiger partial charge on any atom is -0.486 e. The highest BCUT2D eigenvalue weighted by atomic mass is 35.5. The van der Waals surface area contributed by atoms with Gasteiger partial charge in [0.05, 0.1) is 11.6 Å². The van der Waals surface area contributed by atoms with Gasteiger partial charge in [-0.1, -0.05) is 11.6 Å². The first-order valence-corrected chi connectivity index (χ1v) is 8.55. The Bertz CT molecular complexity index is 665. The number of methoxy groups -OCH3 is 1. The Morgan fingerprint density at radius 2 is 2.17 bits per heavy atom. The van der Waals surface area contributed by atoms with Crippen molar-refractivity contribution < 1.29 is 14.2 Å². The fraction of sp³-hybridized carbons (Fsp3) is 0.467. The summed E-state index contributed by atoms with van der Waals surface area (Å²) in [5.41, 5.74) is 1.09. The number of benzene rings is 1. The summed E-state index contributed by atoms with van der Waals surface area (Å²) in [7, 11) is 1.67. The van der Waals surface area contributed by atoms with Crippen molar-refractivity contribution in [1.29, 1.82) is 0 Å². The molecule has 0 atom stereocenters. The first kappa shape index (κ1) is 16.3. The van der Waals surface area contributed by atoms with Crippen LogP contribution in [0.5, 0.6) is 11.5 Å². The molecular weight excluding hydrogens is 338 g/mol. The Morgan fingerprint density at radius 3 is 3.04 bits per heavy atom. The predicted molar refractivity (Wildman–Crippen MR) is 90.1 cm³/mol. The first-order valence-electron chi connectivity index (χ1n) is 7.39. The fourth-order valence-corrected chi connectivity index (χ4v) is 3.17. The molecule has 2 heterocycles. The van der Waals surface area contributed by atoms with Gasteiger partial charge in [-0.25, -0.2) is 4.98 Å². The van der Waals surface area contributed by atoms with Gasteiger partial charge in [0.2, 0.25) is 5.13 Å². The van der Waals surface area contributed by atoms with E-state index >= 15 is 0 Å². The zero-order valence-corrected chi connectivity index (χ0v) is 14.4. The summed E-state index contributed by atoms with van der Waals surface area (Å²) in [6.07, 6.45) is 1.54. The molecule has 2 aromatic rings. The largest absolute Gasteiger partial charge is 0.486 e. The van der Waals surface area contributed by atoms with Gasteiger partial charge in [-0.15, -0.1) is 0 Å². The van der Waals surface area contributed by atoms with Crippen LogP contribution in [0.15, 0.2) is 12.1 Å². The highest BCUT2D eigenvalue weighted by Gasteiger charge is 2.16. The van der Waals surface area contributed by atoms with Crippen molar-refractivity contribution in [2.24, 2.45) is 0 Å². The van der Waals surface area contributed by atoms with E-state index < -0.39 is 0 Å². The minimum absolute atomic E-state index is 0.538. The Kier molecular flexibility index (Phi) is 5.53. The monoisotopic (exact) mass is 355 g/mol. The van der Waals surface area contributed by atoms with Gasteiger partial charge >= 0.3 is 0 Å². The molecule has 1 aromatic heterocycles. The molecule has 8 heteroatoms. The molecule has 0 fully saturated rings. The molecule has 0 radical (unpaired) electrons. The molecule has 1 N–H and O–H groups in total. The van der Waals surface area contributed by atoms with Crippen LogP contribution >= 0.6 is 23.1 Å². The lowest BCUT2D eigenvalue weighted by atomic mass is 10.1. The standard InChI is InChI=1S/C15H18ClN3O3S/c1-20-5-3-13-18-15(23-19-13)17-4-2-10-8-11(16)14-12(9-10)21-6-7-22-14/h8-9H,2-7H2,1H3,(H,17,18,19). The maximum atomic E-state index is 6.24. The Balaban J connectivity index is 1.54. The molecule has 1 aliphatic heterocycles. The van der Waals surface area contributed by atoms with E-state index in [9.17, 15) is 0 Å². The topological polar surface area (TPSA) is 65.5 Å². The molecule has 0 spiro atoms. The number of nitrogens with zero attached hydrogens (tertiary/aromatic N) is 2. The lowest BCUT2D eigenvalue weighted by molar-refractivity contribution is 0.171. The number of anilines is 1. The summed E-state index contributed by atoms with van der Waals surface area (Å²) in [5.74, 6) is 2.17. The van der Waals surface area contributed by atoms with E-state index in [0.29, 0.717) is 30.6 Å². The molecule has 0 unspecified atom stereocenters. The van der Waals surface area contributed by atoms with E-state index in [-0.39, 0.29) is 0 Å². The highest BCUT2D eigenvalue weighted by molar-refractivity contribution is 7.09. The molecule has 1 aromatic carbocycles. The average molecular weight is 356 g/mol. The summed E-state index contributed by atoms with van der Waals surface area (Å²) in [6, 6.07) is 3.90. The minimum atomic E-state index is 0.538. The molecule has 23 heavy (non-hydrogen) atoms. The van der Waals surface area contributed by atoms with Crippen molar-refractivity contribution in [3.63, 3.8) is 0 Å². The number of rotatable bonds is 7. The Labute approximate surface area is 143 Å². The van der Waals surface area contributed by atoms with Crippen LogP contribution in [0.25, 0.3) is 0 Å². The van der Waals surface area contributed by atoms with Crippen LogP contribution in [0.4, 0.5) is 5.13 Å². The third-order valence-electron chi connectivity index (χ3n) is 3.34. The third-order valence-corrected chi connectivity index (χ3v) is 4.34. The summed E-state index contributed by atoms with van der Waals surface area (Å²) >= 11 is 7.60. The van der Waals surface area contributed by atoms with Gasteiger partial charge in [-0.3, -0.25) is 0 Å². The molecule has 0 saturated carbocycles. The number of nitrogens with one attached hydrogen (secondary N) is 1. The van der Waals surface area contributed by atoms with Crippen LogP contribution in [-0.2, 0) is 17.6 Å². The lowest BCUT2D eigenvalue weighted by Crippen LogP contribution is -2.16. The number of aromatic nitrogens is 2. The van der Waals surface area contributed by atoms with Gasteiger partial charge in [-0.2, -0.15) is 4.37 Å². The van der Waals surface area contributed by atoms with E-state index in [2.05, 4.69) is 14.7 Å². The van der Waals surface area contributed by atoms with E-state index in [4.69, 9.17) is 25.8 Å². The number of ether oxygens (including phenoxy) is 3. The SMILES string of the molecule is COCCc1nsc(NCCc2cc(Cl)c3c(c2)OCCO3)n1. The van der Waals surface area contributed by atoms with Crippen LogP contribution in [0.1, 0.15) is 11.4 Å². The van der Waals surface area contributed by atoms with Crippen LogP contribution in [0, 0.1) is 0 Å². The van der Waals surface area contributed by atoms with Crippen molar-refractivity contribution in [1.82, 2.24) is 9.36 Å². The fourth-order valence-electron chi connectivity index (χ4n) is 2.24. The second kappa shape index (κ2) is 7.81. The van der Waals surface area contributed by atoms with Gasteiger partial charge in [0.25, 0.3) is 0 Å². The maximum absolute atomic E-state index is 6.24. The van der Waals surface area contributed by atoms with Gasteiger partial charge < -0.3 is 19.5 Å². The van der Waals surface area contributed by atoms with Crippen molar-refractivity contribution in [2.75, 3.05) is 38.8 Å². The number of fused-ring (bicyclic) bond motifs is 1. The molecule has 124 valence electrons. The Morgan fingerprint density at radius 1 is 1.30 bits per heavy atom. The quantitative estimate of drug-likeness (QED) is 0.823. The molecule has 3 rings (SSSR count). The smallest absolute Gasteiger partial charge is 0.202 e. The van der Waals surface area contributed by atoms with E-state index in [1.165, 1.54) is 11.5 Å². The van der Waals surface area contributed by atoms with Crippen LogP contribution in [0.2, 0.25) is 5.02 Å². The molecular formula is C15H18ClN3O3S. The van der Waals surface area contributed by atoms with Gasteiger partial charge in [0.15, 0.2) is 11.5 Å². The predicted octanol–water partition coefficient (Wildman–Crippen LogP) is 2.81. The van der Waals surface area contributed by atoms with E-state index in [0.717, 1.165) is 41.7 Å². The Hall–Kier alpha value is -1.57. The molecule has 1 aliphatic rings. The van der Waals surface area contributed by atoms with Crippen LogP contribution in [0.3, 0.4) is 0 Å². The van der Waals surface area contributed by atoms with Crippen molar-refractivity contribution in [3.05, 3.63) is 28.5 Å². The summed E-state index contributed by atoms with van der Waals surface area (Å²) in [5, 5.41) is 4.69. The number of hydrogen-bond donors (Lipinski definition) is 1. The van der Waals surface area contributed by atoms with Crippen molar-refractivity contribution in [3.8, 4) is 11.5 Å².